The van der Waals surface area contributed by atoms with Crippen LogP contribution >= 0.6 is 11.6 Å². The fourth-order valence-electron chi connectivity index (χ4n) is 2.71. The molecular formula is C17H23ClF3N3O2. The number of ether oxygens (including phenoxy) is 1. The molecule has 146 valence electrons. The smallest absolute Gasteiger partial charge is 0.417 e. The summed E-state index contributed by atoms with van der Waals surface area (Å²) >= 11 is 5.91. The van der Waals surface area contributed by atoms with Gasteiger partial charge in [-0.05, 0) is 46.1 Å². The molecule has 1 N–H and O–H groups in total. The minimum atomic E-state index is -4.49. The summed E-state index contributed by atoms with van der Waals surface area (Å²) in [5, 5.41) is 2.84. The maximum atomic E-state index is 12.7. The van der Waals surface area contributed by atoms with E-state index in [1.165, 1.54) is 0 Å². The molecule has 1 saturated heterocycles. The van der Waals surface area contributed by atoms with Gasteiger partial charge in [0.1, 0.15) is 11.4 Å². The first-order valence-electron chi connectivity index (χ1n) is 8.43. The van der Waals surface area contributed by atoms with Gasteiger partial charge in [-0.15, -0.1) is 0 Å². The molecule has 2 heterocycles. The summed E-state index contributed by atoms with van der Waals surface area (Å²) < 4.78 is 43.5. The Balaban J connectivity index is 2.03. The Bertz CT molecular complexity index is 647. The molecule has 0 radical (unpaired) electrons. The summed E-state index contributed by atoms with van der Waals surface area (Å²) in [6.07, 6.45) is -1.54. The highest BCUT2D eigenvalue weighted by Gasteiger charge is 2.32. The van der Waals surface area contributed by atoms with Crippen molar-refractivity contribution in [3.8, 4) is 0 Å². The second-order valence-electron chi connectivity index (χ2n) is 7.26. The summed E-state index contributed by atoms with van der Waals surface area (Å²) in [6.45, 7) is 6.31. The molecule has 1 unspecified atom stereocenters. The molecule has 0 aliphatic carbocycles. The van der Waals surface area contributed by atoms with Gasteiger partial charge in [0.05, 0.1) is 16.6 Å². The summed E-state index contributed by atoms with van der Waals surface area (Å²) in [6, 6.07) is 0.697. The van der Waals surface area contributed by atoms with E-state index in [1.54, 1.807) is 25.7 Å². The molecule has 1 aliphatic rings. The van der Waals surface area contributed by atoms with Gasteiger partial charge in [0, 0.05) is 19.3 Å². The van der Waals surface area contributed by atoms with Crippen LogP contribution in [0.15, 0.2) is 12.3 Å². The van der Waals surface area contributed by atoms with Crippen LogP contribution in [0, 0.1) is 0 Å². The van der Waals surface area contributed by atoms with E-state index >= 15 is 0 Å². The molecule has 0 aromatic carbocycles. The van der Waals surface area contributed by atoms with Crippen LogP contribution < -0.4 is 5.32 Å². The van der Waals surface area contributed by atoms with Crippen molar-refractivity contribution in [2.75, 3.05) is 18.4 Å². The number of halogens is 4. The average Bonchev–Trinajstić information content (AvgIpc) is 2.51. The van der Waals surface area contributed by atoms with Gasteiger partial charge in [-0.3, -0.25) is 0 Å². The summed E-state index contributed by atoms with van der Waals surface area (Å²) in [4.78, 5) is 17.8. The van der Waals surface area contributed by atoms with Crippen molar-refractivity contribution in [3.05, 3.63) is 22.8 Å². The Morgan fingerprint density at radius 2 is 2.08 bits per heavy atom. The minimum absolute atomic E-state index is 0.112. The van der Waals surface area contributed by atoms with Gasteiger partial charge in [0.15, 0.2) is 0 Å². The summed E-state index contributed by atoms with van der Waals surface area (Å²) in [5.74, 6) is 0.161. The van der Waals surface area contributed by atoms with E-state index < -0.39 is 23.4 Å². The third-order valence-corrected chi connectivity index (χ3v) is 4.22. The molecule has 1 aliphatic heterocycles. The molecule has 2 rings (SSSR count). The number of aromatic nitrogens is 1. The van der Waals surface area contributed by atoms with Gasteiger partial charge < -0.3 is 15.0 Å². The predicted molar refractivity (Wildman–Crippen MR) is 93.3 cm³/mol. The molecule has 0 spiro atoms. The summed E-state index contributed by atoms with van der Waals surface area (Å²) in [5.41, 5.74) is -1.49. The number of alkyl halides is 3. The van der Waals surface area contributed by atoms with Crippen molar-refractivity contribution >= 4 is 23.5 Å². The average molecular weight is 394 g/mol. The maximum absolute atomic E-state index is 12.7. The second kappa shape index (κ2) is 7.90. The lowest BCUT2D eigenvalue weighted by atomic mass is 10.0. The zero-order valence-electron chi connectivity index (χ0n) is 15.0. The number of amides is 1. The third-order valence-electron chi connectivity index (χ3n) is 3.93. The Kier molecular flexibility index (Phi) is 6.26. The molecule has 1 aromatic rings. The summed E-state index contributed by atoms with van der Waals surface area (Å²) in [7, 11) is 0. The number of carbonyl (C=O) groups excluding carboxylic acids is 1. The van der Waals surface area contributed by atoms with Gasteiger partial charge in [0.25, 0.3) is 0 Å². The highest BCUT2D eigenvalue weighted by atomic mass is 35.5. The molecule has 1 amide bonds. The fraction of sp³-hybridized carbons (Fsp3) is 0.647. The van der Waals surface area contributed by atoms with Gasteiger partial charge in [0.2, 0.25) is 0 Å². The van der Waals surface area contributed by atoms with Crippen LogP contribution in [0.3, 0.4) is 0 Å². The van der Waals surface area contributed by atoms with Crippen molar-refractivity contribution in [2.45, 2.75) is 57.9 Å². The van der Waals surface area contributed by atoms with Crippen LogP contribution in [0.4, 0.5) is 23.8 Å². The number of nitrogens with one attached hydrogen (secondary N) is 1. The molecule has 1 aromatic heterocycles. The quantitative estimate of drug-likeness (QED) is 0.789. The number of hydrogen-bond donors (Lipinski definition) is 1. The SMILES string of the molecule is CC(C)(C)OC(=O)N1CCCCC1CNc1ncc(C(F)(F)F)cc1Cl. The Labute approximate surface area is 155 Å². The molecule has 1 fully saturated rings. The predicted octanol–water partition coefficient (Wildman–Crippen LogP) is 4.96. The maximum Gasteiger partial charge on any atom is 0.417 e. The van der Waals surface area contributed by atoms with Crippen LogP contribution in [0.5, 0.6) is 0 Å². The van der Waals surface area contributed by atoms with E-state index in [-0.39, 0.29) is 16.9 Å². The number of nitrogens with zero attached hydrogens (tertiary/aromatic N) is 2. The number of carbonyl (C=O) groups is 1. The van der Waals surface area contributed by atoms with E-state index in [1.807, 2.05) is 0 Å². The lowest BCUT2D eigenvalue weighted by molar-refractivity contribution is -0.137. The van der Waals surface area contributed by atoms with E-state index in [9.17, 15) is 18.0 Å². The van der Waals surface area contributed by atoms with Crippen molar-refractivity contribution in [2.24, 2.45) is 0 Å². The Morgan fingerprint density at radius 1 is 1.38 bits per heavy atom. The van der Waals surface area contributed by atoms with Crippen LogP contribution in [0.1, 0.15) is 45.6 Å². The molecule has 9 heteroatoms. The fourth-order valence-corrected chi connectivity index (χ4v) is 2.94. The van der Waals surface area contributed by atoms with Crippen molar-refractivity contribution in [3.63, 3.8) is 0 Å². The van der Waals surface area contributed by atoms with Crippen LogP contribution in [0.25, 0.3) is 0 Å². The third kappa shape index (κ3) is 5.65. The van der Waals surface area contributed by atoms with E-state index in [0.29, 0.717) is 13.1 Å². The molecule has 0 bridgehead atoms. The lowest BCUT2D eigenvalue weighted by Crippen LogP contribution is -2.49. The van der Waals surface area contributed by atoms with Gasteiger partial charge >= 0.3 is 12.3 Å². The normalized spacial score (nSPS) is 18.6. The number of piperidine rings is 1. The molecule has 26 heavy (non-hydrogen) atoms. The number of anilines is 1. The first-order chi connectivity index (χ1) is 12.0. The van der Waals surface area contributed by atoms with Crippen molar-refractivity contribution in [1.29, 1.82) is 0 Å². The minimum Gasteiger partial charge on any atom is -0.444 e. The number of hydrogen-bond acceptors (Lipinski definition) is 4. The molecule has 0 saturated carbocycles. The van der Waals surface area contributed by atoms with Gasteiger partial charge in [-0.2, -0.15) is 13.2 Å². The van der Waals surface area contributed by atoms with Gasteiger partial charge in [-0.25, -0.2) is 9.78 Å². The molecule has 1 atom stereocenters. The standard InChI is InChI=1S/C17H23ClF3N3O2/c1-16(2,3)26-15(25)24-7-5-4-6-12(24)10-23-14-13(18)8-11(9-22-14)17(19,20)21/h8-9,12H,4-7,10H2,1-3H3,(H,22,23). The number of likely N-dealkylation sites (tertiary alicyclic amines) is 1. The van der Waals surface area contributed by atoms with Crippen molar-refractivity contribution < 1.29 is 22.7 Å². The number of rotatable bonds is 3. The molecule has 5 nitrogen and oxygen atoms in total. The first kappa shape index (κ1) is 20.6. The van der Waals surface area contributed by atoms with E-state index in [2.05, 4.69) is 10.3 Å². The zero-order chi connectivity index (χ0) is 19.5. The van der Waals surface area contributed by atoms with Crippen LogP contribution in [-0.2, 0) is 10.9 Å². The highest BCUT2D eigenvalue weighted by Crippen LogP contribution is 2.32. The van der Waals surface area contributed by atoms with Crippen LogP contribution in [-0.4, -0.2) is 40.7 Å². The van der Waals surface area contributed by atoms with E-state index in [0.717, 1.165) is 31.5 Å². The largest absolute Gasteiger partial charge is 0.444 e. The topological polar surface area (TPSA) is 54.5 Å². The van der Waals surface area contributed by atoms with Crippen molar-refractivity contribution in [1.82, 2.24) is 9.88 Å². The van der Waals surface area contributed by atoms with Crippen LogP contribution in [0.2, 0.25) is 5.02 Å². The monoisotopic (exact) mass is 393 g/mol. The van der Waals surface area contributed by atoms with Gasteiger partial charge in [-0.1, -0.05) is 11.6 Å². The molecular weight excluding hydrogens is 371 g/mol. The Hall–Kier alpha value is -1.70. The lowest BCUT2D eigenvalue weighted by Gasteiger charge is -2.37. The van der Waals surface area contributed by atoms with E-state index in [4.69, 9.17) is 16.3 Å². The first-order valence-corrected chi connectivity index (χ1v) is 8.81. The highest BCUT2D eigenvalue weighted by molar-refractivity contribution is 6.32. The zero-order valence-corrected chi connectivity index (χ0v) is 15.7. The number of pyridine rings is 1. The second-order valence-corrected chi connectivity index (χ2v) is 7.66. The Morgan fingerprint density at radius 3 is 2.65 bits per heavy atom.